The molecule has 1 aromatic carbocycles. The summed E-state index contributed by atoms with van der Waals surface area (Å²) in [5, 5.41) is 0. The molecule has 3 nitrogen and oxygen atoms in total. The highest BCUT2D eigenvalue weighted by molar-refractivity contribution is 9.10. The van der Waals surface area contributed by atoms with Crippen LogP contribution in [0.5, 0.6) is 0 Å². The van der Waals surface area contributed by atoms with E-state index in [4.69, 9.17) is 5.73 Å². The van der Waals surface area contributed by atoms with Gasteiger partial charge >= 0.3 is 0 Å². The van der Waals surface area contributed by atoms with Crippen LogP contribution in [0.25, 0.3) is 0 Å². The van der Waals surface area contributed by atoms with Gasteiger partial charge in [0.15, 0.2) is 5.82 Å². The van der Waals surface area contributed by atoms with Crippen LogP contribution in [-0.2, 0) is 6.54 Å². The van der Waals surface area contributed by atoms with Gasteiger partial charge < -0.3 is 15.5 Å². The Labute approximate surface area is 123 Å². The molecule has 2 N–H and O–H groups in total. The number of nitrogens with two attached hydrogens (primary N) is 1. The maximum atomic E-state index is 14.4. The molecule has 0 saturated carbocycles. The minimum Gasteiger partial charge on any atom is -0.365 e. The van der Waals surface area contributed by atoms with Gasteiger partial charge in [0.1, 0.15) is 0 Å². The van der Waals surface area contributed by atoms with Crippen molar-refractivity contribution >= 4 is 21.6 Å². The minimum absolute atomic E-state index is 0.226. The molecule has 0 aliphatic rings. The Morgan fingerprint density at radius 1 is 1.37 bits per heavy atom. The summed E-state index contributed by atoms with van der Waals surface area (Å²) in [5.74, 6) is -0.226. The topological polar surface area (TPSA) is 32.5 Å². The van der Waals surface area contributed by atoms with Crippen molar-refractivity contribution in [1.82, 2.24) is 4.90 Å². The third kappa shape index (κ3) is 3.91. The van der Waals surface area contributed by atoms with E-state index in [-0.39, 0.29) is 11.9 Å². The van der Waals surface area contributed by atoms with Gasteiger partial charge in [-0.05, 0) is 55.5 Å². The number of halogens is 2. The fourth-order valence-corrected chi connectivity index (χ4v) is 2.80. The monoisotopic (exact) mass is 331 g/mol. The van der Waals surface area contributed by atoms with Gasteiger partial charge in [-0.1, -0.05) is 6.07 Å². The van der Waals surface area contributed by atoms with E-state index in [9.17, 15) is 4.39 Å². The van der Waals surface area contributed by atoms with Gasteiger partial charge in [0.05, 0.1) is 10.2 Å². The fourth-order valence-electron chi connectivity index (χ4n) is 2.31. The summed E-state index contributed by atoms with van der Waals surface area (Å²) < 4.78 is 14.9. The van der Waals surface area contributed by atoms with E-state index in [2.05, 4.69) is 32.7 Å². The predicted octanol–water partition coefficient (Wildman–Crippen LogP) is 2.82. The van der Waals surface area contributed by atoms with Crippen LogP contribution in [0.15, 0.2) is 16.6 Å². The first-order chi connectivity index (χ1) is 8.92. The van der Waals surface area contributed by atoms with Crippen LogP contribution in [0.2, 0.25) is 0 Å². The Morgan fingerprint density at radius 3 is 2.47 bits per heavy atom. The summed E-state index contributed by atoms with van der Waals surface area (Å²) in [4.78, 5) is 4.18. The smallest absolute Gasteiger partial charge is 0.160 e. The highest BCUT2D eigenvalue weighted by Crippen LogP contribution is 2.30. The van der Waals surface area contributed by atoms with Crippen LogP contribution < -0.4 is 10.6 Å². The third-order valence-corrected chi connectivity index (χ3v) is 4.03. The lowest BCUT2D eigenvalue weighted by Crippen LogP contribution is -2.40. The lowest BCUT2D eigenvalue weighted by Gasteiger charge is -2.32. The number of nitrogens with zero attached hydrogens (tertiary/aromatic N) is 2. The van der Waals surface area contributed by atoms with Gasteiger partial charge in [0.25, 0.3) is 0 Å². The molecular weight excluding hydrogens is 309 g/mol. The van der Waals surface area contributed by atoms with Crippen LogP contribution in [0, 0.1) is 5.82 Å². The van der Waals surface area contributed by atoms with E-state index in [1.165, 1.54) is 0 Å². The SMILES string of the molecule is CCN(c1ccc(CN)c(Br)c1F)C(C)CN(C)C. The van der Waals surface area contributed by atoms with Crippen molar-refractivity contribution < 1.29 is 4.39 Å². The van der Waals surface area contributed by atoms with Gasteiger partial charge in [-0.15, -0.1) is 0 Å². The summed E-state index contributed by atoms with van der Waals surface area (Å²) in [5.41, 5.74) is 7.00. The molecule has 0 heterocycles. The highest BCUT2D eigenvalue weighted by atomic mass is 79.9. The van der Waals surface area contributed by atoms with Crippen molar-refractivity contribution in [3.63, 3.8) is 0 Å². The highest BCUT2D eigenvalue weighted by Gasteiger charge is 2.19. The van der Waals surface area contributed by atoms with Crippen molar-refractivity contribution in [2.24, 2.45) is 5.73 Å². The molecule has 0 saturated heterocycles. The number of likely N-dealkylation sites (N-methyl/N-ethyl adjacent to an activating group) is 2. The van der Waals surface area contributed by atoms with Crippen molar-refractivity contribution in [3.05, 3.63) is 28.0 Å². The molecule has 19 heavy (non-hydrogen) atoms. The normalized spacial score (nSPS) is 12.8. The van der Waals surface area contributed by atoms with E-state index in [1.54, 1.807) is 0 Å². The molecule has 1 rings (SSSR count). The first-order valence-corrected chi connectivity index (χ1v) is 7.29. The number of benzene rings is 1. The molecule has 5 heteroatoms. The van der Waals surface area contributed by atoms with Crippen molar-refractivity contribution in [2.45, 2.75) is 26.4 Å². The Morgan fingerprint density at radius 2 is 2.00 bits per heavy atom. The van der Waals surface area contributed by atoms with E-state index in [1.807, 2.05) is 33.2 Å². The zero-order chi connectivity index (χ0) is 14.6. The molecule has 0 fully saturated rings. The average Bonchev–Trinajstić information content (AvgIpc) is 2.34. The minimum atomic E-state index is -0.226. The molecule has 108 valence electrons. The van der Waals surface area contributed by atoms with Gasteiger partial charge in [0, 0.05) is 25.7 Å². The molecule has 0 amide bonds. The number of anilines is 1. The predicted molar refractivity (Wildman–Crippen MR) is 83.0 cm³/mol. The van der Waals surface area contributed by atoms with Crippen LogP contribution in [0.3, 0.4) is 0 Å². The molecule has 0 aliphatic heterocycles. The van der Waals surface area contributed by atoms with E-state index in [0.717, 1.165) is 18.7 Å². The second-order valence-electron chi connectivity index (χ2n) is 4.97. The van der Waals surface area contributed by atoms with Crippen LogP contribution in [0.4, 0.5) is 10.1 Å². The fraction of sp³-hybridized carbons (Fsp3) is 0.571. The van der Waals surface area contributed by atoms with Gasteiger partial charge in [-0.25, -0.2) is 4.39 Å². The number of rotatable bonds is 6. The van der Waals surface area contributed by atoms with E-state index < -0.39 is 0 Å². The molecule has 0 spiro atoms. The second kappa shape index (κ2) is 7.22. The maximum absolute atomic E-state index is 14.4. The molecular formula is C14H23BrFN3. The van der Waals surface area contributed by atoms with Gasteiger partial charge in [-0.3, -0.25) is 0 Å². The zero-order valence-corrected chi connectivity index (χ0v) is 13.7. The number of hydrogen-bond donors (Lipinski definition) is 1. The van der Waals surface area contributed by atoms with Crippen LogP contribution in [0.1, 0.15) is 19.4 Å². The molecule has 0 bridgehead atoms. The Balaban J connectivity index is 3.08. The Kier molecular flexibility index (Phi) is 6.23. The molecule has 1 unspecified atom stereocenters. The standard InChI is InChI=1S/C14H23BrFN3/c1-5-19(10(2)9-18(3)4)12-7-6-11(8-17)13(15)14(12)16/h6-7,10H,5,8-9,17H2,1-4H3. The summed E-state index contributed by atoms with van der Waals surface area (Å²) in [6.45, 7) is 6.12. The Hall–Kier alpha value is -0.650. The molecule has 0 aliphatic carbocycles. The van der Waals surface area contributed by atoms with Crippen molar-refractivity contribution in [2.75, 3.05) is 32.1 Å². The zero-order valence-electron chi connectivity index (χ0n) is 12.1. The van der Waals surface area contributed by atoms with Crippen LogP contribution in [-0.4, -0.2) is 38.1 Å². The average molecular weight is 332 g/mol. The lowest BCUT2D eigenvalue weighted by atomic mass is 10.1. The molecule has 0 radical (unpaired) electrons. The summed E-state index contributed by atoms with van der Waals surface area (Å²) in [6.07, 6.45) is 0. The van der Waals surface area contributed by atoms with E-state index >= 15 is 0 Å². The van der Waals surface area contributed by atoms with Crippen molar-refractivity contribution in [3.8, 4) is 0 Å². The summed E-state index contributed by atoms with van der Waals surface area (Å²) in [7, 11) is 4.04. The maximum Gasteiger partial charge on any atom is 0.160 e. The number of hydrogen-bond acceptors (Lipinski definition) is 3. The van der Waals surface area contributed by atoms with Gasteiger partial charge in [0.2, 0.25) is 0 Å². The molecule has 0 aromatic heterocycles. The summed E-state index contributed by atoms with van der Waals surface area (Å²) >= 11 is 3.30. The van der Waals surface area contributed by atoms with E-state index in [0.29, 0.717) is 16.7 Å². The largest absolute Gasteiger partial charge is 0.365 e. The van der Waals surface area contributed by atoms with Crippen molar-refractivity contribution in [1.29, 1.82) is 0 Å². The quantitative estimate of drug-likeness (QED) is 0.869. The second-order valence-corrected chi connectivity index (χ2v) is 5.77. The Bertz CT molecular complexity index is 423. The van der Waals surface area contributed by atoms with Gasteiger partial charge in [-0.2, -0.15) is 0 Å². The molecule has 1 atom stereocenters. The first kappa shape index (κ1) is 16.4. The molecule has 1 aromatic rings. The lowest BCUT2D eigenvalue weighted by molar-refractivity contribution is 0.371. The first-order valence-electron chi connectivity index (χ1n) is 6.50. The summed E-state index contributed by atoms with van der Waals surface area (Å²) in [6, 6.07) is 3.94. The van der Waals surface area contributed by atoms with Crippen LogP contribution >= 0.6 is 15.9 Å². The third-order valence-electron chi connectivity index (χ3n) is 3.17.